The van der Waals surface area contributed by atoms with Crippen LogP contribution in [0.25, 0.3) is 22.3 Å². The predicted octanol–water partition coefficient (Wildman–Crippen LogP) is 2.29. The highest BCUT2D eigenvalue weighted by Gasteiger charge is 2.46. The second-order valence-electron chi connectivity index (χ2n) is 11.9. The first-order valence-electron chi connectivity index (χ1n) is 14.1. The summed E-state index contributed by atoms with van der Waals surface area (Å²) in [7, 11) is 6.05. The van der Waals surface area contributed by atoms with E-state index in [4.69, 9.17) is 17.6 Å². The molecule has 1 fully saturated rings. The van der Waals surface area contributed by atoms with Crippen molar-refractivity contribution in [1.29, 1.82) is 0 Å². The van der Waals surface area contributed by atoms with Gasteiger partial charge in [0.25, 0.3) is 5.56 Å². The number of aryl methyl sites for hydroxylation is 1. The topological polar surface area (TPSA) is 131 Å². The number of carbonyl (C=O) groups excluding carboxylic acids is 2. The van der Waals surface area contributed by atoms with Gasteiger partial charge in [0.1, 0.15) is 25.8 Å². The van der Waals surface area contributed by atoms with Gasteiger partial charge in [-0.1, -0.05) is 19.8 Å². The Bertz CT molecular complexity index is 1760. The molecule has 7 rings (SSSR count). The van der Waals surface area contributed by atoms with Crippen LogP contribution >= 0.6 is 0 Å². The third-order valence-electron chi connectivity index (χ3n) is 9.37. The van der Waals surface area contributed by atoms with Crippen molar-refractivity contribution in [2.45, 2.75) is 82.7 Å². The highest BCUT2D eigenvalue weighted by atomic mass is 19.1. The number of cyclic esters (lactones) is 1. The lowest BCUT2D eigenvalue weighted by Gasteiger charge is -2.32. The molecule has 2 aliphatic carbocycles. The van der Waals surface area contributed by atoms with Gasteiger partial charge in [0.05, 0.1) is 35.1 Å². The number of nitrogens with zero attached hydrogens (tertiary/aromatic N) is 2. The Labute approximate surface area is 236 Å². The lowest BCUT2D eigenvalue weighted by atomic mass is 9.75. The number of aliphatic hydroxyl groups is 2. The van der Waals surface area contributed by atoms with Crippen molar-refractivity contribution in [3.63, 3.8) is 0 Å². The van der Waals surface area contributed by atoms with E-state index in [1.165, 1.54) is 10.6 Å². The van der Waals surface area contributed by atoms with Gasteiger partial charge >= 0.3 is 5.97 Å². The van der Waals surface area contributed by atoms with Crippen molar-refractivity contribution >= 4 is 30.6 Å². The summed E-state index contributed by atoms with van der Waals surface area (Å²) in [5.74, 6) is -1.68. The third kappa shape index (κ3) is 3.74. The molecule has 11 heteroatoms. The molecular formula is C30H29BFN3O6. The monoisotopic (exact) mass is 557 g/mol. The number of carbonyl (C=O) groups is 2. The molecule has 3 aromatic rings. The highest BCUT2D eigenvalue weighted by molar-refractivity contribution is 6.27. The van der Waals surface area contributed by atoms with Crippen LogP contribution in [-0.4, -0.2) is 45.0 Å². The van der Waals surface area contributed by atoms with E-state index in [0.29, 0.717) is 46.4 Å². The Morgan fingerprint density at radius 2 is 2.02 bits per heavy atom. The van der Waals surface area contributed by atoms with E-state index in [9.17, 15) is 24.6 Å². The molecule has 1 saturated carbocycles. The molecule has 9 nitrogen and oxygen atoms in total. The zero-order valence-corrected chi connectivity index (χ0v) is 22.8. The van der Waals surface area contributed by atoms with Gasteiger partial charge in [-0.15, -0.1) is 0 Å². The summed E-state index contributed by atoms with van der Waals surface area (Å²) in [4.78, 5) is 44.3. The zero-order valence-electron chi connectivity index (χ0n) is 22.8. The second kappa shape index (κ2) is 8.72. The van der Waals surface area contributed by atoms with Crippen LogP contribution in [0.4, 0.5) is 4.39 Å². The zero-order chi connectivity index (χ0) is 29.0. The molecule has 4 aliphatic rings. The normalized spacial score (nSPS) is 23.8. The Hall–Kier alpha value is -3.57. The average molecular weight is 557 g/mol. The molecule has 0 spiro atoms. The van der Waals surface area contributed by atoms with Crippen LogP contribution in [0.5, 0.6) is 0 Å². The fraction of sp³-hybridized carbons (Fsp3) is 0.467. The van der Waals surface area contributed by atoms with Gasteiger partial charge in [-0.3, -0.25) is 9.59 Å². The van der Waals surface area contributed by atoms with Crippen LogP contribution in [0, 0.1) is 18.7 Å². The average Bonchev–Trinajstić information content (AvgIpc) is 3.67. The van der Waals surface area contributed by atoms with Gasteiger partial charge in [-0.2, -0.15) is 0 Å². The molecule has 0 saturated heterocycles. The Balaban J connectivity index is 1.43. The fourth-order valence-corrected chi connectivity index (χ4v) is 6.84. The van der Waals surface area contributed by atoms with E-state index in [1.54, 1.807) is 19.9 Å². The molecule has 2 unspecified atom stereocenters. The van der Waals surface area contributed by atoms with Crippen molar-refractivity contribution in [3.8, 4) is 11.4 Å². The van der Waals surface area contributed by atoms with E-state index >= 15 is 4.39 Å². The van der Waals surface area contributed by atoms with Crippen LogP contribution in [0.15, 0.2) is 16.9 Å². The molecular weight excluding hydrogens is 528 g/mol. The molecule has 2 aliphatic heterocycles. The van der Waals surface area contributed by atoms with Crippen LogP contribution in [0.3, 0.4) is 0 Å². The summed E-state index contributed by atoms with van der Waals surface area (Å²) in [6.45, 7) is 3.22. The number of hydrogen-bond acceptors (Lipinski definition) is 7. The van der Waals surface area contributed by atoms with Gasteiger partial charge in [0, 0.05) is 22.6 Å². The number of fused-ring (bicyclic) bond motifs is 5. The van der Waals surface area contributed by atoms with Crippen LogP contribution < -0.4 is 10.9 Å². The van der Waals surface area contributed by atoms with Crippen molar-refractivity contribution in [2.24, 2.45) is 5.92 Å². The summed E-state index contributed by atoms with van der Waals surface area (Å²) in [5, 5.41) is 25.6. The minimum Gasteiger partial charge on any atom is -0.458 e. The Morgan fingerprint density at radius 1 is 1.27 bits per heavy atom. The van der Waals surface area contributed by atoms with Crippen LogP contribution in [0.2, 0.25) is 0 Å². The number of amides is 1. The number of hydrogen-bond donors (Lipinski definition) is 3. The number of aromatic nitrogens is 2. The van der Waals surface area contributed by atoms with Gasteiger partial charge in [0.2, 0.25) is 5.91 Å². The third-order valence-corrected chi connectivity index (χ3v) is 9.37. The van der Waals surface area contributed by atoms with Crippen molar-refractivity contribution in [3.05, 3.63) is 61.7 Å². The number of nitrogens with one attached hydrogen (secondary N) is 1. The summed E-state index contributed by atoms with van der Waals surface area (Å²) in [6, 6.07) is 2.40. The maximum atomic E-state index is 15.1. The van der Waals surface area contributed by atoms with Gasteiger partial charge < -0.3 is 24.8 Å². The Kier molecular flexibility index (Phi) is 5.60. The van der Waals surface area contributed by atoms with Crippen molar-refractivity contribution < 1.29 is 28.9 Å². The molecule has 3 N–H and O–H groups in total. The minimum atomic E-state index is -2.02. The first-order valence-corrected chi connectivity index (χ1v) is 14.1. The number of ether oxygens (including phenoxy) is 1. The lowest BCUT2D eigenvalue weighted by molar-refractivity contribution is -0.172. The maximum absolute atomic E-state index is 15.1. The van der Waals surface area contributed by atoms with Gasteiger partial charge in [-0.25, -0.2) is 14.2 Å². The molecule has 3 atom stereocenters. The quantitative estimate of drug-likeness (QED) is 0.254. The number of benzene rings is 1. The van der Waals surface area contributed by atoms with Crippen molar-refractivity contribution in [2.75, 3.05) is 0 Å². The molecule has 41 heavy (non-hydrogen) atoms. The molecule has 0 bridgehead atoms. The SMILES string of the molecule is [B]C(O)(CC1CC1)C(=O)NC1CCc2c(C)c(F)cc3nc4c(c1c23)Cn1c-4cc2c(c1=O)COC(=O)[C@]2(O)CC. The molecule has 1 amide bonds. The van der Waals surface area contributed by atoms with E-state index in [0.717, 1.165) is 23.8 Å². The van der Waals surface area contributed by atoms with E-state index in [-0.39, 0.29) is 43.0 Å². The standard InChI is InChI=1S/C30H29BFN3O6/c1-3-29(39)18-8-22-25-16(11-35(22)26(36)17(18)12-41-28(29)38)24-20(34-27(37)30(31,40)10-14-4-5-14)7-6-15-13(2)19(32)9-21(33-25)23(15)24/h8-9,14,20,39-40H,3-7,10-12H2,1-2H3,(H,34,37)/t20?,29-,30?/m0/s1. The number of esters is 1. The lowest BCUT2D eigenvalue weighted by Crippen LogP contribution is -2.49. The van der Waals surface area contributed by atoms with E-state index in [2.05, 4.69) is 5.32 Å². The molecule has 2 radical (unpaired) electrons. The largest absolute Gasteiger partial charge is 0.458 e. The summed E-state index contributed by atoms with van der Waals surface area (Å²) in [5.41, 5.74) is -0.150. The van der Waals surface area contributed by atoms with Crippen LogP contribution in [-0.2, 0) is 39.5 Å². The van der Waals surface area contributed by atoms with E-state index in [1.807, 2.05) is 0 Å². The number of halogens is 1. The second-order valence-corrected chi connectivity index (χ2v) is 11.9. The highest BCUT2D eigenvalue weighted by Crippen LogP contribution is 2.46. The number of pyridine rings is 2. The Morgan fingerprint density at radius 3 is 2.73 bits per heavy atom. The first kappa shape index (κ1) is 26.3. The molecule has 1 aromatic carbocycles. The molecule has 4 heterocycles. The fourth-order valence-electron chi connectivity index (χ4n) is 6.84. The van der Waals surface area contributed by atoms with Crippen LogP contribution in [0.1, 0.15) is 78.5 Å². The molecule has 2 aromatic heterocycles. The summed E-state index contributed by atoms with van der Waals surface area (Å²) in [6.07, 6.45) is 2.95. The minimum absolute atomic E-state index is 0.00971. The van der Waals surface area contributed by atoms with E-state index < -0.39 is 40.4 Å². The predicted molar refractivity (Wildman–Crippen MR) is 146 cm³/mol. The smallest absolute Gasteiger partial charge is 0.343 e. The summed E-state index contributed by atoms with van der Waals surface area (Å²) >= 11 is 0. The molecule has 210 valence electrons. The van der Waals surface area contributed by atoms with Gasteiger partial charge in [-0.05, 0) is 61.3 Å². The number of rotatable bonds is 5. The summed E-state index contributed by atoms with van der Waals surface area (Å²) < 4.78 is 21.8. The van der Waals surface area contributed by atoms with Crippen molar-refractivity contribution in [1.82, 2.24) is 14.9 Å². The first-order chi connectivity index (χ1) is 19.4. The van der Waals surface area contributed by atoms with Gasteiger partial charge in [0.15, 0.2) is 5.60 Å². The maximum Gasteiger partial charge on any atom is 0.343 e.